The van der Waals surface area contributed by atoms with Crippen molar-refractivity contribution in [1.29, 1.82) is 0 Å². The number of hydrogen-bond donors (Lipinski definition) is 2. The van der Waals surface area contributed by atoms with E-state index in [0.29, 0.717) is 23.0 Å². The maximum atomic E-state index is 12.4. The van der Waals surface area contributed by atoms with Gasteiger partial charge in [0.1, 0.15) is 11.4 Å². The van der Waals surface area contributed by atoms with Gasteiger partial charge in [-0.15, -0.1) is 0 Å². The van der Waals surface area contributed by atoms with E-state index in [9.17, 15) is 9.90 Å². The zero-order chi connectivity index (χ0) is 22.7. The number of carbonyl (C=O) groups excluding carboxylic acids is 1. The summed E-state index contributed by atoms with van der Waals surface area (Å²) in [6, 6.07) is 7.59. The van der Waals surface area contributed by atoms with Crippen LogP contribution >= 0.6 is 0 Å². The van der Waals surface area contributed by atoms with Crippen LogP contribution in [0, 0.1) is 52.3 Å². The highest BCUT2D eigenvalue weighted by Crippen LogP contribution is 2.68. The smallest absolute Gasteiger partial charge is 0.133 e. The summed E-state index contributed by atoms with van der Waals surface area (Å²) in [6.45, 7) is 6.76. The summed E-state index contributed by atoms with van der Waals surface area (Å²) in [4.78, 5) is 12.4. The predicted molar refractivity (Wildman–Crippen MR) is 129 cm³/mol. The van der Waals surface area contributed by atoms with Crippen LogP contribution in [0.15, 0.2) is 24.3 Å². The monoisotopic (exact) mass is 433 g/mol. The van der Waals surface area contributed by atoms with Crippen molar-refractivity contribution in [3.8, 4) is 11.8 Å². The first kappa shape index (κ1) is 22.0. The highest BCUT2D eigenvalue weighted by Gasteiger charge is 2.61. The first-order valence-electron chi connectivity index (χ1n) is 12.8. The molecule has 4 aliphatic rings. The highest BCUT2D eigenvalue weighted by molar-refractivity contribution is 5.79. The van der Waals surface area contributed by atoms with Crippen LogP contribution < -0.4 is 5.73 Å². The molecule has 3 heteroatoms. The lowest BCUT2D eigenvalue weighted by Crippen LogP contribution is -2.56. The molecule has 4 fully saturated rings. The Hall–Kier alpha value is -1.79. The van der Waals surface area contributed by atoms with Crippen LogP contribution in [0.1, 0.15) is 84.1 Å². The summed E-state index contributed by atoms with van der Waals surface area (Å²) in [6.07, 6.45) is 9.87. The fourth-order valence-electron chi connectivity index (χ4n) is 8.78. The number of anilines is 1. The average Bonchev–Trinajstić information content (AvgIpc) is 3.12. The first-order valence-corrected chi connectivity index (χ1v) is 12.8. The number of aliphatic hydroxyl groups is 1. The van der Waals surface area contributed by atoms with E-state index in [1.165, 1.54) is 32.1 Å². The number of carbonyl (C=O) groups is 1. The van der Waals surface area contributed by atoms with Crippen LogP contribution in [-0.2, 0) is 4.79 Å². The van der Waals surface area contributed by atoms with Crippen LogP contribution in [0.3, 0.4) is 0 Å². The minimum absolute atomic E-state index is 0.218. The molecule has 0 saturated heterocycles. The predicted octanol–water partition coefficient (Wildman–Crippen LogP) is 5.60. The van der Waals surface area contributed by atoms with Crippen molar-refractivity contribution >= 4 is 11.5 Å². The minimum atomic E-state index is -0.880. The second-order valence-corrected chi connectivity index (χ2v) is 12.0. The molecule has 0 spiro atoms. The van der Waals surface area contributed by atoms with Gasteiger partial charge in [0.05, 0.1) is 0 Å². The fourth-order valence-corrected chi connectivity index (χ4v) is 8.78. The van der Waals surface area contributed by atoms with Crippen molar-refractivity contribution in [2.24, 2.45) is 40.4 Å². The van der Waals surface area contributed by atoms with Gasteiger partial charge in [-0.3, -0.25) is 4.79 Å². The molecule has 5 rings (SSSR count). The first-order chi connectivity index (χ1) is 15.1. The molecule has 8 atom stereocenters. The molecule has 0 radical (unpaired) electrons. The molecule has 32 heavy (non-hydrogen) atoms. The second kappa shape index (κ2) is 7.63. The van der Waals surface area contributed by atoms with Crippen molar-refractivity contribution in [2.75, 3.05) is 5.73 Å². The molecule has 0 unspecified atom stereocenters. The van der Waals surface area contributed by atoms with Crippen LogP contribution in [0.4, 0.5) is 5.69 Å². The summed E-state index contributed by atoms with van der Waals surface area (Å²) in [5.41, 5.74) is 7.07. The van der Waals surface area contributed by atoms with Gasteiger partial charge in [0.25, 0.3) is 0 Å². The third-order valence-electron chi connectivity index (χ3n) is 10.6. The summed E-state index contributed by atoms with van der Waals surface area (Å²) >= 11 is 0. The quantitative estimate of drug-likeness (QED) is 0.448. The Balaban J connectivity index is 1.34. The van der Waals surface area contributed by atoms with Gasteiger partial charge in [0, 0.05) is 17.2 Å². The molecule has 0 aliphatic heterocycles. The standard InChI is InChI=1S/C29H39NO2/c1-19(31)24-10-11-25-23-9-6-21-18-29(32,15-12-20-4-7-22(30)8-5-20)17-16-27(21,2)26(23)13-14-28(24,25)3/h4-5,7-8,21,23-26,32H,6,9-11,13-14,16-18,30H2,1-3H3/t21-,23+,24-,25+,26+,27+,28-,29+/m1/s1. The zero-order valence-corrected chi connectivity index (χ0v) is 20.0. The molecule has 172 valence electrons. The van der Waals surface area contributed by atoms with E-state index in [-0.39, 0.29) is 11.3 Å². The lowest BCUT2D eigenvalue weighted by atomic mass is 9.44. The number of fused-ring (bicyclic) bond motifs is 5. The third kappa shape index (κ3) is 3.41. The van der Waals surface area contributed by atoms with Gasteiger partial charge in [-0.1, -0.05) is 25.7 Å². The Morgan fingerprint density at radius 3 is 2.41 bits per heavy atom. The van der Waals surface area contributed by atoms with E-state index in [4.69, 9.17) is 5.73 Å². The Bertz CT molecular complexity index is 958. The molecular formula is C29H39NO2. The number of ketones is 1. The number of nitrogens with two attached hydrogens (primary N) is 1. The van der Waals surface area contributed by atoms with E-state index in [0.717, 1.165) is 48.8 Å². The largest absolute Gasteiger partial charge is 0.399 e. The molecule has 0 heterocycles. The average molecular weight is 434 g/mol. The Morgan fingerprint density at radius 2 is 1.69 bits per heavy atom. The Labute approximate surface area is 193 Å². The Kier molecular flexibility index (Phi) is 5.25. The molecular weight excluding hydrogens is 394 g/mol. The van der Waals surface area contributed by atoms with Crippen LogP contribution in [-0.4, -0.2) is 16.5 Å². The topological polar surface area (TPSA) is 63.3 Å². The summed E-state index contributed by atoms with van der Waals surface area (Å²) in [5, 5.41) is 11.4. The van der Waals surface area contributed by atoms with E-state index in [1.54, 1.807) is 0 Å². The number of benzene rings is 1. The highest BCUT2D eigenvalue weighted by atomic mass is 16.3. The van der Waals surface area contributed by atoms with Gasteiger partial charge in [-0.05, 0) is 123 Å². The van der Waals surface area contributed by atoms with Crippen molar-refractivity contribution < 1.29 is 9.90 Å². The summed E-state index contributed by atoms with van der Waals surface area (Å²) in [7, 11) is 0. The molecule has 0 amide bonds. The van der Waals surface area contributed by atoms with E-state index in [2.05, 4.69) is 25.7 Å². The SMILES string of the molecule is CC(=O)[C@H]1CC[C@H]2[C@@H]3CC[C@@H]4C[C@](O)(C#Cc5ccc(N)cc5)CC[C@]4(C)[C@H]3CC[C@]12C. The molecule has 1 aromatic rings. The minimum Gasteiger partial charge on any atom is -0.399 e. The maximum Gasteiger partial charge on any atom is 0.133 e. The van der Waals surface area contributed by atoms with Crippen molar-refractivity contribution in [3.63, 3.8) is 0 Å². The second-order valence-electron chi connectivity index (χ2n) is 12.0. The van der Waals surface area contributed by atoms with Crippen molar-refractivity contribution in [2.45, 2.75) is 84.2 Å². The van der Waals surface area contributed by atoms with Gasteiger partial charge in [-0.2, -0.15) is 0 Å². The fraction of sp³-hybridized carbons (Fsp3) is 0.690. The van der Waals surface area contributed by atoms with E-state index < -0.39 is 5.60 Å². The molecule has 3 nitrogen and oxygen atoms in total. The van der Waals surface area contributed by atoms with Crippen molar-refractivity contribution in [1.82, 2.24) is 0 Å². The maximum absolute atomic E-state index is 12.4. The lowest BCUT2D eigenvalue weighted by molar-refractivity contribution is -0.144. The zero-order valence-electron chi connectivity index (χ0n) is 20.0. The van der Waals surface area contributed by atoms with Gasteiger partial charge >= 0.3 is 0 Å². The number of Topliss-reactive ketones (excluding diaryl/α,β-unsaturated/α-hetero) is 1. The van der Waals surface area contributed by atoms with Gasteiger partial charge < -0.3 is 10.8 Å². The normalized spacial score (nSPS) is 45.1. The van der Waals surface area contributed by atoms with E-state index >= 15 is 0 Å². The summed E-state index contributed by atoms with van der Waals surface area (Å²) in [5.74, 6) is 9.88. The number of nitrogen functional groups attached to an aromatic ring is 1. The van der Waals surface area contributed by atoms with Gasteiger partial charge in [0.2, 0.25) is 0 Å². The number of hydrogen-bond acceptors (Lipinski definition) is 3. The van der Waals surface area contributed by atoms with Gasteiger partial charge in [0.15, 0.2) is 0 Å². The Morgan fingerprint density at radius 1 is 0.969 bits per heavy atom. The molecule has 4 aliphatic carbocycles. The van der Waals surface area contributed by atoms with Crippen LogP contribution in [0.25, 0.3) is 0 Å². The molecule has 1 aromatic carbocycles. The summed E-state index contributed by atoms with van der Waals surface area (Å²) < 4.78 is 0. The number of rotatable bonds is 1. The third-order valence-corrected chi connectivity index (χ3v) is 10.6. The van der Waals surface area contributed by atoms with Crippen LogP contribution in [0.2, 0.25) is 0 Å². The molecule has 0 bridgehead atoms. The lowest BCUT2D eigenvalue weighted by Gasteiger charge is -2.61. The van der Waals surface area contributed by atoms with Gasteiger partial charge in [-0.25, -0.2) is 0 Å². The molecule has 3 N–H and O–H groups in total. The molecule has 0 aromatic heterocycles. The molecule has 4 saturated carbocycles. The van der Waals surface area contributed by atoms with E-state index in [1.807, 2.05) is 31.2 Å². The van der Waals surface area contributed by atoms with Crippen LogP contribution in [0.5, 0.6) is 0 Å². The van der Waals surface area contributed by atoms with Crippen molar-refractivity contribution in [3.05, 3.63) is 29.8 Å².